The van der Waals surface area contributed by atoms with E-state index in [9.17, 15) is 14.4 Å². The highest BCUT2D eigenvalue weighted by atomic mass is 35.5. The Balaban J connectivity index is 1.40. The third-order valence-corrected chi connectivity index (χ3v) is 5.89. The van der Waals surface area contributed by atoms with Crippen LogP contribution in [0.1, 0.15) is 44.0 Å². The van der Waals surface area contributed by atoms with Crippen molar-refractivity contribution in [2.75, 3.05) is 13.1 Å². The number of fused-ring (bicyclic) bond motifs is 1. The van der Waals surface area contributed by atoms with Gasteiger partial charge in [-0.25, -0.2) is 9.99 Å². The van der Waals surface area contributed by atoms with Crippen molar-refractivity contribution in [1.82, 2.24) is 19.9 Å². The maximum Gasteiger partial charge on any atom is 0.258 e. The van der Waals surface area contributed by atoms with Gasteiger partial charge >= 0.3 is 0 Å². The molecule has 0 spiro atoms. The predicted octanol–water partition coefficient (Wildman–Crippen LogP) is 3.73. The fourth-order valence-electron chi connectivity index (χ4n) is 3.95. The molecule has 1 aliphatic rings. The van der Waals surface area contributed by atoms with Crippen LogP contribution in [0.15, 0.2) is 58.4 Å². The number of H-pyrrole nitrogens is 1. The Labute approximate surface area is 202 Å². The van der Waals surface area contributed by atoms with Gasteiger partial charge in [0.1, 0.15) is 5.82 Å². The zero-order valence-corrected chi connectivity index (χ0v) is 19.7. The zero-order chi connectivity index (χ0) is 24.1. The van der Waals surface area contributed by atoms with Crippen molar-refractivity contribution in [2.24, 2.45) is 5.10 Å². The first-order valence-electron chi connectivity index (χ1n) is 11.3. The van der Waals surface area contributed by atoms with E-state index >= 15 is 0 Å². The van der Waals surface area contributed by atoms with Crippen molar-refractivity contribution in [3.8, 4) is 0 Å². The van der Waals surface area contributed by atoms with Gasteiger partial charge in [0, 0.05) is 30.8 Å². The number of hydrogen-bond donors (Lipinski definition) is 1. The number of carbonyl (C=O) groups excluding carboxylic acids is 2. The van der Waals surface area contributed by atoms with Gasteiger partial charge in [-0.1, -0.05) is 48.9 Å². The lowest BCUT2D eigenvalue weighted by Crippen LogP contribution is -2.34. The molecule has 1 N–H and O–H groups in total. The molecule has 176 valence electrons. The largest absolute Gasteiger partial charge is 0.335 e. The number of rotatable bonds is 8. The highest BCUT2D eigenvalue weighted by Gasteiger charge is 2.23. The van der Waals surface area contributed by atoms with Crippen LogP contribution in [-0.4, -0.2) is 50.5 Å². The second-order valence-electron chi connectivity index (χ2n) is 8.17. The molecule has 1 aliphatic heterocycles. The van der Waals surface area contributed by atoms with E-state index in [1.54, 1.807) is 23.1 Å². The van der Waals surface area contributed by atoms with Gasteiger partial charge in [-0.15, -0.1) is 0 Å². The summed E-state index contributed by atoms with van der Waals surface area (Å²) in [6, 6.07) is 14.6. The van der Waals surface area contributed by atoms with Crippen LogP contribution in [0.3, 0.4) is 0 Å². The highest BCUT2D eigenvalue weighted by Crippen LogP contribution is 2.17. The lowest BCUT2D eigenvalue weighted by molar-refractivity contribution is -0.137. The summed E-state index contributed by atoms with van der Waals surface area (Å²) in [7, 11) is 0. The SMILES string of the molecule is CCCN(Cc1nc2cc(Cl)ccc2c(=O)[nH]1)C(=O)CCC(=O)N1CCC(c2ccccc2)=N1. The van der Waals surface area contributed by atoms with Crippen LogP contribution in [0, 0.1) is 0 Å². The second-order valence-corrected chi connectivity index (χ2v) is 8.61. The molecule has 3 aromatic rings. The van der Waals surface area contributed by atoms with Gasteiger partial charge in [0.15, 0.2) is 0 Å². The standard InChI is InChI=1S/C25H26ClN5O3/c1-2-13-30(16-22-27-21-15-18(26)8-9-19(21)25(34)28-22)23(32)10-11-24(33)31-14-12-20(29-31)17-6-4-3-5-7-17/h3-9,15H,2,10-14,16H2,1H3,(H,27,28,34). The average Bonchev–Trinajstić information content (AvgIpc) is 3.33. The molecule has 0 saturated carbocycles. The van der Waals surface area contributed by atoms with Gasteiger partial charge in [0.25, 0.3) is 5.56 Å². The maximum atomic E-state index is 12.9. The number of benzene rings is 2. The van der Waals surface area contributed by atoms with Crippen molar-refractivity contribution in [3.05, 3.63) is 75.3 Å². The number of halogens is 1. The third-order valence-electron chi connectivity index (χ3n) is 5.65. The first kappa shape index (κ1) is 23.6. The van der Waals surface area contributed by atoms with E-state index in [1.807, 2.05) is 37.3 Å². The summed E-state index contributed by atoms with van der Waals surface area (Å²) in [5.74, 6) is 0.0302. The first-order chi connectivity index (χ1) is 16.4. The topological polar surface area (TPSA) is 98.7 Å². The molecule has 0 bridgehead atoms. The van der Waals surface area contributed by atoms with E-state index in [0.717, 1.165) is 17.7 Å². The molecule has 2 amide bonds. The van der Waals surface area contributed by atoms with E-state index in [0.29, 0.717) is 41.3 Å². The van der Waals surface area contributed by atoms with Crippen LogP contribution in [0.25, 0.3) is 10.9 Å². The molecule has 4 rings (SSSR count). The van der Waals surface area contributed by atoms with Gasteiger partial charge < -0.3 is 9.88 Å². The number of hydrazone groups is 1. The molecule has 1 aromatic heterocycles. The Hall–Kier alpha value is -3.52. The number of aromatic nitrogens is 2. The Morgan fingerprint density at radius 3 is 2.71 bits per heavy atom. The predicted molar refractivity (Wildman–Crippen MR) is 132 cm³/mol. The number of nitrogens with one attached hydrogen (secondary N) is 1. The zero-order valence-electron chi connectivity index (χ0n) is 19.0. The molecular weight excluding hydrogens is 454 g/mol. The van der Waals surface area contributed by atoms with Gasteiger partial charge in [0.2, 0.25) is 11.8 Å². The number of amides is 2. The summed E-state index contributed by atoms with van der Waals surface area (Å²) in [6.45, 7) is 3.12. The Morgan fingerprint density at radius 1 is 1.15 bits per heavy atom. The molecule has 2 heterocycles. The smallest absolute Gasteiger partial charge is 0.258 e. The molecule has 0 saturated heterocycles. The lowest BCUT2D eigenvalue weighted by Gasteiger charge is -2.22. The first-order valence-corrected chi connectivity index (χ1v) is 11.7. The summed E-state index contributed by atoms with van der Waals surface area (Å²) in [5.41, 5.74) is 2.07. The minimum absolute atomic E-state index is 0.0646. The third kappa shape index (κ3) is 5.51. The van der Waals surface area contributed by atoms with E-state index in [4.69, 9.17) is 11.6 Å². The Morgan fingerprint density at radius 2 is 1.94 bits per heavy atom. The maximum absolute atomic E-state index is 12.9. The molecule has 2 aromatic carbocycles. The molecule has 0 atom stereocenters. The lowest BCUT2D eigenvalue weighted by atomic mass is 10.1. The van der Waals surface area contributed by atoms with Crippen LogP contribution in [0.4, 0.5) is 0 Å². The average molecular weight is 480 g/mol. The molecule has 34 heavy (non-hydrogen) atoms. The Bertz CT molecular complexity index is 1290. The fraction of sp³-hybridized carbons (Fsp3) is 0.320. The Kier molecular flexibility index (Phi) is 7.37. The highest BCUT2D eigenvalue weighted by molar-refractivity contribution is 6.31. The van der Waals surface area contributed by atoms with E-state index in [2.05, 4.69) is 15.1 Å². The van der Waals surface area contributed by atoms with Crippen LogP contribution in [0.2, 0.25) is 5.02 Å². The van der Waals surface area contributed by atoms with Crippen molar-refractivity contribution < 1.29 is 9.59 Å². The minimum Gasteiger partial charge on any atom is -0.335 e. The number of carbonyl (C=O) groups is 2. The molecule has 0 radical (unpaired) electrons. The molecule has 0 unspecified atom stereocenters. The molecular formula is C25H26ClN5O3. The monoisotopic (exact) mass is 479 g/mol. The quantitative estimate of drug-likeness (QED) is 0.532. The van der Waals surface area contributed by atoms with Crippen molar-refractivity contribution in [3.63, 3.8) is 0 Å². The van der Waals surface area contributed by atoms with E-state index in [-0.39, 0.29) is 36.8 Å². The summed E-state index contributed by atoms with van der Waals surface area (Å²) < 4.78 is 0. The molecule has 0 aliphatic carbocycles. The molecule has 9 heteroatoms. The van der Waals surface area contributed by atoms with Gasteiger partial charge in [-0.05, 0) is 30.2 Å². The summed E-state index contributed by atoms with van der Waals surface area (Å²) in [4.78, 5) is 46.8. The van der Waals surface area contributed by atoms with E-state index in [1.165, 1.54) is 5.01 Å². The van der Waals surface area contributed by atoms with Crippen LogP contribution in [-0.2, 0) is 16.1 Å². The number of aromatic amines is 1. The van der Waals surface area contributed by atoms with Crippen LogP contribution in [0.5, 0.6) is 0 Å². The van der Waals surface area contributed by atoms with Gasteiger partial charge in [-0.3, -0.25) is 14.4 Å². The van der Waals surface area contributed by atoms with Crippen molar-refractivity contribution in [1.29, 1.82) is 0 Å². The summed E-state index contributed by atoms with van der Waals surface area (Å²) >= 11 is 6.04. The number of nitrogens with zero attached hydrogens (tertiary/aromatic N) is 4. The van der Waals surface area contributed by atoms with Crippen molar-refractivity contribution in [2.45, 2.75) is 39.2 Å². The summed E-state index contributed by atoms with van der Waals surface area (Å²) in [6.07, 6.45) is 1.56. The van der Waals surface area contributed by atoms with Crippen LogP contribution < -0.4 is 5.56 Å². The summed E-state index contributed by atoms with van der Waals surface area (Å²) in [5, 5.41) is 6.82. The van der Waals surface area contributed by atoms with Gasteiger partial charge in [0.05, 0.1) is 29.7 Å². The normalized spacial score (nSPS) is 13.2. The number of hydrogen-bond acceptors (Lipinski definition) is 5. The van der Waals surface area contributed by atoms with Crippen LogP contribution >= 0.6 is 11.6 Å². The fourth-order valence-corrected chi connectivity index (χ4v) is 4.12. The second kappa shape index (κ2) is 10.6. The van der Waals surface area contributed by atoms with E-state index < -0.39 is 0 Å². The van der Waals surface area contributed by atoms with Crippen molar-refractivity contribution >= 4 is 40.0 Å². The molecule has 0 fully saturated rings. The molecule has 8 nitrogen and oxygen atoms in total. The van der Waals surface area contributed by atoms with Gasteiger partial charge in [-0.2, -0.15) is 5.10 Å². The minimum atomic E-state index is -0.281.